The summed E-state index contributed by atoms with van der Waals surface area (Å²) >= 11 is 1.47. The third-order valence-electron chi connectivity index (χ3n) is 6.42. The van der Waals surface area contributed by atoms with Crippen molar-refractivity contribution in [3.63, 3.8) is 0 Å². The number of hydrogen-bond donors (Lipinski definition) is 1. The van der Waals surface area contributed by atoms with Crippen LogP contribution in [0.25, 0.3) is 21.3 Å². The Morgan fingerprint density at radius 3 is 2.65 bits per heavy atom. The number of nitrogens with zero attached hydrogens (tertiary/aromatic N) is 1. The molecule has 2 aromatic carbocycles. The summed E-state index contributed by atoms with van der Waals surface area (Å²) in [6, 6.07) is 12.8. The fourth-order valence-corrected chi connectivity index (χ4v) is 6.30. The second-order valence-electron chi connectivity index (χ2n) is 9.15. The number of carbonyl (C=O) groups is 1. The molecule has 0 bridgehead atoms. The highest BCUT2D eigenvalue weighted by molar-refractivity contribution is 7.21. The zero-order chi connectivity index (χ0) is 24.0. The molecule has 0 unspecified atom stereocenters. The fraction of sp³-hybridized carbons (Fsp3) is 0.286. The van der Waals surface area contributed by atoms with Crippen molar-refractivity contribution >= 4 is 27.5 Å². The van der Waals surface area contributed by atoms with E-state index >= 15 is 0 Å². The lowest BCUT2D eigenvalue weighted by Crippen LogP contribution is -2.32. The normalized spacial score (nSPS) is 15.3. The summed E-state index contributed by atoms with van der Waals surface area (Å²) in [6.07, 6.45) is 2.51. The molecule has 1 aliphatic heterocycles. The molecule has 1 atom stereocenters. The number of hydrogen-bond acceptors (Lipinski definition) is 4. The van der Waals surface area contributed by atoms with Crippen LogP contribution in [0.1, 0.15) is 64.2 Å². The van der Waals surface area contributed by atoms with E-state index in [2.05, 4.69) is 24.1 Å². The molecule has 0 saturated heterocycles. The maximum absolute atomic E-state index is 14.0. The zero-order valence-corrected chi connectivity index (χ0v) is 20.6. The van der Waals surface area contributed by atoms with Crippen molar-refractivity contribution in [3.8, 4) is 16.9 Å². The van der Waals surface area contributed by atoms with Crippen molar-refractivity contribution in [3.05, 3.63) is 81.6 Å². The third kappa shape index (κ3) is 3.86. The first-order valence-corrected chi connectivity index (χ1v) is 12.4. The molecule has 5 rings (SSSR count). The molecule has 2 aromatic heterocycles. The minimum atomic E-state index is -0.241. The van der Waals surface area contributed by atoms with Gasteiger partial charge >= 0.3 is 0 Å². The molecular formula is C28H27FN2O2S. The molecule has 0 spiro atoms. The monoisotopic (exact) mass is 474 g/mol. The molecule has 174 valence electrons. The van der Waals surface area contributed by atoms with Crippen molar-refractivity contribution in [2.45, 2.75) is 46.1 Å². The second-order valence-corrected chi connectivity index (χ2v) is 10.2. The largest absolute Gasteiger partial charge is 0.493 e. The molecular weight excluding hydrogens is 447 g/mol. The van der Waals surface area contributed by atoms with Gasteiger partial charge in [0.2, 0.25) is 0 Å². The van der Waals surface area contributed by atoms with Gasteiger partial charge in [-0.1, -0.05) is 32.0 Å². The standard InChI is InChI=1S/C28H27FN2O2S/c1-15(2)23-25-26(20(9-11-30-25)24-16(3)13-18(29)14-17(24)4)34-27(23)28(32)31-21-10-12-33-22-8-6-5-7-19(21)22/h5-9,11,13-15,21H,10,12H2,1-4H3,(H,31,32)/t21-/m0/s1. The number of nitrogens with one attached hydrogen (secondary N) is 1. The lowest BCUT2D eigenvalue weighted by atomic mass is 9.94. The Morgan fingerprint density at radius 1 is 1.18 bits per heavy atom. The molecule has 6 heteroatoms. The number of pyridine rings is 1. The number of amides is 1. The van der Waals surface area contributed by atoms with Crippen LogP contribution in [-0.2, 0) is 0 Å². The van der Waals surface area contributed by atoms with Crippen LogP contribution in [0.3, 0.4) is 0 Å². The van der Waals surface area contributed by atoms with Crippen LogP contribution < -0.4 is 10.1 Å². The summed E-state index contributed by atoms with van der Waals surface area (Å²) in [5.74, 6) is 0.613. The third-order valence-corrected chi connectivity index (χ3v) is 7.65. The number of aryl methyl sites for hydroxylation is 2. The minimum Gasteiger partial charge on any atom is -0.493 e. The number of aromatic nitrogens is 1. The van der Waals surface area contributed by atoms with Crippen molar-refractivity contribution < 1.29 is 13.9 Å². The average Bonchev–Trinajstić information content (AvgIpc) is 3.20. The number of ether oxygens (including phenoxy) is 1. The van der Waals surface area contributed by atoms with Gasteiger partial charge in [-0.15, -0.1) is 11.3 Å². The molecule has 3 heterocycles. The Hall–Kier alpha value is -3.25. The van der Waals surface area contributed by atoms with E-state index in [-0.39, 0.29) is 23.7 Å². The van der Waals surface area contributed by atoms with Gasteiger partial charge in [0.25, 0.3) is 5.91 Å². The minimum absolute atomic E-state index is 0.0908. The van der Waals surface area contributed by atoms with Crippen molar-refractivity contribution in [1.82, 2.24) is 10.3 Å². The highest BCUT2D eigenvalue weighted by Crippen LogP contribution is 2.42. The van der Waals surface area contributed by atoms with Crippen molar-refractivity contribution in [2.24, 2.45) is 0 Å². The van der Waals surface area contributed by atoms with E-state index in [4.69, 9.17) is 4.74 Å². The Kier molecular flexibility index (Phi) is 5.86. The molecule has 4 nitrogen and oxygen atoms in total. The molecule has 1 aliphatic rings. The summed E-state index contributed by atoms with van der Waals surface area (Å²) in [4.78, 5) is 19.0. The lowest BCUT2D eigenvalue weighted by Gasteiger charge is -2.26. The van der Waals surface area contributed by atoms with Gasteiger partial charge in [0, 0.05) is 29.3 Å². The predicted octanol–water partition coefficient (Wildman–Crippen LogP) is 7.10. The lowest BCUT2D eigenvalue weighted by molar-refractivity contribution is 0.0928. The molecule has 4 aromatic rings. The van der Waals surface area contributed by atoms with Crippen LogP contribution in [0.5, 0.6) is 5.75 Å². The Labute approximate surface area is 202 Å². The number of carbonyl (C=O) groups excluding carboxylic acids is 1. The van der Waals surface area contributed by atoms with E-state index in [1.807, 2.05) is 44.2 Å². The van der Waals surface area contributed by atoms with Gasteiger partial charge in [-0.25, -0.2) is 4.39 Å². The second kappa shape index (κ2) is 8.84. The van der Waals surface area contributed by atoms with Gasteiger partial charge in [-0.2, -0.15) is 0 Å². The van der Waals surface area contributed by atoms with Crippen molar-refractivity contribution in [2.75, 3.05) is 6.61 Å². The van der Waals surface area contributed by atoms with Crippen LogP contribution in [0, 0.1) is 19.7 Å². The number of para-hydroxylation sites is 1. The highest BCUT2D eigenvalue weighted by Gasteiger charge is 2.28. The van der Waals surface area contributed by atoms with Gasteiger partial charge in [0.1, 0.15) is 11.6 Å². The van der Waals surface area contributed by atoms with E-state index in [9.17, 15) is 9.18 Å². The molecule has 0 aliphatic carbocycles. The van der Waals surface area contributed by atoms with Crippen LogP contribution in [0.4, 0.5) is 4.39 Å². The van der Waals surface area contributed by atoms with Gasteiger partial charge < -0.3 is 10.1 Å². The maximum Gasteiger partial charge on any atom is 0.262 e. The quantitative estimate of drug-likeness (QED) is 0.343. The number of rotatable bonds is 4. The van der Waals surface area contributed by atoms with Crippen molar-refractivity contribution in [1.29, 1.82) is 0 Å². The summed E-state index contributed by atoms with van der Waals surface area (Å²) in [5.41, 5.74) is 6.53. The zero-order valence-electron chi connectivity index (χ0n) is 19.7. The van der Waals surface area contributed by atoms with Gasteiger partial charge in [0.05, 0.1) is 27.7 Å². The first-order chi connectivity index (χ1) is 16.3. The van der Waals surface area contributed by atoms with Crippen LogP contribution in [-0.4, -0.2) is 17.5 Å². The average molecular weight is 475 g/mol. The fourth-order valence-electron chi connectivity index (χ4n) is 4.96. The molecule has 34 heavy (non-hydrogen) atoms. The first-order valence-electron chi connectivity index (χ1n) is 11.6. The van der Waals surface area contributed by atoms with Crippen LogP contribution in [0.2, 0.25) is 0 Å². The Balaban J connectivity index is 1.61. The van der Waals surface area contributed by atoms with Gasteiger partial charge in [-0.05, 0) is 60.7 Å². The smallest absolute Gasteiger partial charge is 0.262 e. The Morgan fingerprint density at radius 2 is 1.91 bits per heavy atom. The molecule has 0 fully saturated rings. The molecule has 0 saturated carbocycles. The van der Waals surface area contributed by atoms with Gasteiger partial charge in [-0.3, -0.25) is 9.78 Å². The number of halogens is 1. The maximum atomic E-state index is 14.0. The summed E-state index contributed by atoms with van der Waals surface area (Å²) in [7, 11) is 0. The van der Waals surface area contributed by atoms with E-state index < -0.39 is 0 Å². The summed E-state index contributed by atoms with van der Waals surface area (Å²) in [5, 5.41) is 3.25. The number of thiophene rings is 1. The highest BCUT2D eigenvalue weighted by atomic mass is 32.1. The van der Waals surface area contributed by atoms with E-state index in [1.54, 1.807) is 18.3 Å². The summed E-state index contributed by atoms with van der Waals surface area (Å²) in [6.45, 7) is 8.59. The van der Waals surface area contributed by atoms with E-state index in [0.29, 0.717) is 11.5 Å². The van der Waals surface area contributed by atoms with E-state index in [1.165, 1.54) is 11.3 Å². The number of benzene rings is 2. The molecule has 1 amide bonds. The predicted molar refractivity (Wildman–Crippen MR) is 135 cm³/mol. The molecule has 1 N–H and O–H groups in total. The topological polar surface area (TPSA) is 51.2 Å². The number of fused-ring (bicyclic) bond motifs is 2. The van der Waals surface area contributed by atoms with Gasteiger partial charge in [0.15, 0.2) is 0 Å². The van der Waals surface area contributed by atoms with Crippen LogP contribution >= 0.6 is 11.3 Å². The Bertz CT molecular complexity index is 1390. The van der Waals surface area contributed by atoms with E-state index in [0.717, 1.165) is 55.8 Å². The van der Waals surface area contributed by atoms with Crippen LogP contribution in [0.15, 0.2) is 48.7 Å². The first kappa shape index (κ1) is 22.5. The SMILES string of the molecule is Cc1cc(F)cc(C)c1-c1ccnc2c(C(C)C)c(C(=O)N[C@H]3CCOc4ccccc43)sc12. The molecule has 0 radical (unpaired) electrons. The summed E-state index contributed by atoms with van der Waals surface area (Å²) < 4.78 is 20.7.